The maximum absolute atomic E-state index is 12.6. The van der Waals surface area contributed by atoms with Crippen molar-refractivity contribution in [1.82, 2.24) is 10.6 Å². The summed E-state index contributed by atoms with van der Waals surface area (Å²) in [6.07, 6.45) is 2.08. The summed E-state index contributed by atoms with van der Waals surface area (Å²) in [5.41, 5.74) is 0.668. The zero-order valence-corrected chi connectivity index (χ0v) is 17.0. The average molecular weight is 417 g/mol. The van der Waals surface area contributed by atoms with Gasteiger partial charge in [-0.15, -0.1) is 0 Å². The number of nitrogens with zero attached hydrogens (tertiary/aromatic N) is 1. The number of amides is 3. The summed E-state index contributed by atoms with van der Waals surface area (Å²) in [5, 5.41) is 5.54. The van der Waals surface area contributed by atoms with Gasteiger partial charge >= 0.3 is 0 Å². The zero-order chi connectivity index (χ0) is 21.1. The van der Waals surface area contributed by atoms with Crippen molar-refractivity contribution in [2.24, 2.45) is 5.92 Å². The quantitative estimate of drug-likeness (QED) is 0.703. The molecule has 9 heteroatoms. The molecule has 0 bridgehead atoms. The summed E-state index contributed by atoms with van der Waals surface area (Å²) in [5.74, 6) is 0.0289. The van der Waals surface area contributed by atoms with Crippen molar-refractivity contribution in [3.63, 3.8) is 0 Å². The fourth-order valence-electron chi connectivity index (χ4n) is 3.90. The van der Waals surface area contributed by atoms with E-state index in [4.69, 9.17) is 14.2 Å². The Bertz CT molecular complexity index is 823. The molecule has 3 aliphatic heterocycles. The van der Waals surface area contributed by atoms with Gasteiger partial charge in [-0.3, -0.25) is 14.4 Å². The average Bonchev–Trinajstić information content (AvgIpc) is 3.41. The topological polar surface area (TPSA) is 106 Å². The Morgan fingerprint density at radius 3 is 2.77 bits per heavy atom. The summed E-state index contributed by atoms with van der Waals surface area (Å²) < 4.78 is 16.6. The predicted molar refractivity (Wildman–Crippen MR) is 107 cm³/mol. The molecule has 3 aliphatic rings. The number of nitrogens with one attached hydrogen (secondary N) is 2. The van der Waals surface area contributed by atoms with E-state index in [-0.39, 0.29) is 36.8 Å². The molecule has 1 aromatic rings. The Morgan fingerprint density at radius 1 is 1.20 bits per heavy atom. The van der Waals surface area contributed by atoms with Crippen LogP contribution in [0.2, 0.25) is 0 Å². The summed E-state index contributed by atoms with van der Waals surface area (Å²) in [4.78, 5) is 39.0. The van der Waals surface area contributed by atoms with Crippen molar-refractivity contribution >= 4 is 23.4 Å². The van der Waals surface area contributed by atoms with Crippen molar-refractivity contribution in [2.75, 3.05) is 37.8 Å². The molecule has 1 aromatic carbocycles. The summed E-state index contributed by atoms with van der Waals surface area (Å²) >= 11 is 0. The first-order valence-corrected chi connectivity index (χ1v) is 10.4. The third-order valence-electron chi connectivity index (χ3n) is 5.61. The second-order valence-corrected chi connectivity index (χ2v) is 7.84. The van der Waals surface area contributed by atoms with Crippen LogP contribution in [0.5, 0.6) is 11.5 Å². The molecule has 3 heterocycles. The molecule has 2 saturated heterocycles. The largest absolute Gasteiger partial charge is 0.486 e. The van der Waals surface area contributed by atoms with E-state index in [0.717, 1.165) is 19.4 Å². The number of ether oxygens (including phenoxy) is 3. The summed E-state index contributed by atoms with van der Waals surface area (Å²) in [7, 11) is 0. The molecular formula is C21H27N3O6. The molecule has 4 rings (SSSR count). The van der Waals surface area contributed by atoms with Gasteiger partial charge in [0.1, 0.15) is 19.3 Å². The van der Waals surface area contributed by atoms with Crippen LogP contribution in [0.3, 0.4) is 0 Å². The van der Waals surface area contributed by atoms with Gasteiger partial charge in [-0.05, 0) is 31.9 Å². The van der Waals surface area contributed by atoms with Crippen LogP contribution in [-0.2, 0) is 19.1 Å². The molecule has 0 saturated carbocycles. The molecule has 9 nitrogen and oxygen atoms in total. The fraction of sp³-hybridized carbons (Fsp3) is 0.571. The van der Waals surface area contributed by atoms with Crippen molar-refractivity contribution in [1.29, 1.82) is 0 Å². The van der Waals surface area contributed by atoms with E-state index in [1.165, 1.54) is 0 Å². The van der Waals surface area contributed by atoms with Crippen LogP contribution in [0, 0.1) is 5.92 Å². The monoisotopic (exact) mass is 417 g/mol. The van der Waals surface area contributed by atoms with Crippen molar-refractivity contribution in [2.45, 2.75) is 38.3 Å². The Hall–Kier alpha value is -2.81. The lowest BCUT2D eigenvalue weighted by Gasteiger charge is -2.22. The number of hydrogen-bond donors (Lipinski definition) is 2. The minimum atomic E-state index is -0.683. The minimum absolute atomic E-state index is 0.0452. The van der Waals surface area contributed by atoms with E-state index in [1.54, 1.807) is 30.0 Å². The lowest BCUT2D eigenvalue weighted by atomic mass is 10.1. The minimum Gasteiger partial charge on any atom is -0.486 e. The molecular weight excluding hydrogens is 390 g/mol. The number of rotatable bonds is 6. The number of anilines is 1. The molecule has 30 heavy (non-hydrogen) atoms. The van der Waals surface area contributed by atoms with Crippen LogP contribution >= 0.6 is 0 Å². The molecule has 3 unspecified atom stereocenters. The van der Waals surface area contributed by atoms with Gasteiger partial charge in [-0.1, -0.05) is 0 Å². The Kier molecular flexibility index (Phi) is 6.08. The van der Waals surface area contributed by atoms with E-state index >= 15 is 0 Å². The first kappa shape index (κ1) is 20.5. The molecule has 0 aliphatic carbocycles. The molecule has 162 valence electrons. The van der Waals surface area contributed by atoms with Crippen molar-refractivity contribution < 1.29 is 28.6 Å². The third kappa shape index (κ3) is 4.51. The highest BCUT2D eigenvalue weighted by Crippen LogP contribution is 2.36. The summed E-state index contributed by atoms with van der Waals surface area (Å²) in [6, 6.07) is 4.63. The molecule has 3 atom stereocenters. The zero-order valence-electron chi connectivity index (χ0n) is 17.0. The molecule has 2 fully saturated rings. The molecule has 2 N–H and O–H groups in total. The van der Waals surface area contributed by atoms with Crippen LogP contribution in [0.15, 0.2) is 18.2 Å². The highest BCUT2D eigenvalue weighted by molar-refractivity contribution is 6.01. The Labute approximate surface area is 175 Å². The number of fused-ring (bicyclic) bond motifs is 1. The van der Waals surface area contributed by atoms with Crippen molar-refractivity contribution in [3.05, 3.63) is 18.2 Å². The van der Waals surface area contributed by atoms with Gasteiger partial charge in [-0.2, -0.15) is 0 Å². The lowest BCUT2D eigenvalue weighted by Crippen LogP contribution is -2.48. The first-order valence-electron chi connectivity index (χ1n) is 10.4. The second-order valence-electron chi connectivity index (χ2n) is 7.84. The summed E-state index contributed by atoms with van der Waals surface area (Å²) in [6.45, 7) is 4.02. The van der Waals surface area contributed by atoms with E-state index in [2.05, 4.69) is 10.6 Å². The van der Waals surface area contributed by atoms with E-state index in [0.29, 0.717) is 36.9 Å². The van der Waals surface area contributed by atoms with Gasteiger partial charge in [0.15, 0.2) is 11.5 Å². The molecule has 0 aromatic heterocycles. The smallest absolute Gasteiger partial charge is 0.242 e. The first-order chi connectivity index (χ1) is 14.5. The van der Waals surface area contributed by atoms with Crippen LogP contribution in [0.1, 0.15) is 26.2 Å². The maximum atomic E-state index is 12.6. The molecule has 0 spiro atoms. The van der Waals surface area contributed by atoms with Gasteiger partial charge in [0.25, 0.3) is 0 Å². The van der Waals surface area contributed by atoms with Gasteiger partial charge in [0.2, 0.25) is 17.7 Å². The van der Waals surface area contributed by atoms with Crippen LogP contribution in [0.4, 0.5) is 5.69 Å². The van der Waals surface area contributed by atoms with Crippen molar-refractivity contribution in [3.8, 4) is 11.5 Å². The third-order valence-corrected chi connectivity index (χ3v) is 5.61. The number of hydrogen-bond acceptors (Lipinski definition) is 6. The number of carbonyl (C=O) groups excluding carboxylic acids is 3. The highest BCUT2D eigenvalue weighted by atomic mass is 16.6. The Balaban J connectivity index is 1.30. The van der Waals surface area contributed by atoms with E-state index in [9.17, 15) is 14.4 Å². The molecule has 3 amide bonds. The number of carbonyl (C=O) groups is 3. The second kappa shape index (κ2) is 8.91. The predicted octanol–water partition coefficient (Wildman–Crippen LogP) is 0.611. The SMILES string of the molecule is CC(NC(=O)C1CC(=O)N(c2ccc3c(c2)OCCO3)C1)C(=O)NCC1CCCO1. The van der Waals surface area contributed by atoms with E-state index in [1.807, 2.05) is 0 Å². The standard InChI is InChI=1S/C21H27N3O6/c1-13(20(26)22-11-16-3-2-6-28-16)23-21(27)14-9-19(25)24(12-14)15-4-5-17-18(10-15)30-8-7-29-17/h4-5,10,13-14,16H,2-3,6-9,11-12H2,1H3,(H,22,26)(H,23,27). The molecule has 0 radical (unpaired) electrons. The normalized spacial score (nSPS) is 23.9. The van der Waals surface area contributed by atoms with Gasteiger partial charge in [-0.25, -0.2) is 0 Å². The van der Waals surface area contributed by atoms with Crippen LogP contribution in [0.25, 0.3) is 0 Å². The highest BCUT2D eigenvalue weighted by Gasteiger charge is 2.36. The van der Waals surface area contributed by atoms with Crippen LogP contribution < -0.4 is 25.0 Å². The van der Waals surface area contributed by atoms with Gasteiger partial charge in [0, 0.05) is 37.9 Å². The lowest BCUT2D eigenvalue weighted by molar-refractivity contribution is -0.131. The maximum Gasteiger partial charge on any atom is 0.242 e. The van der Waals surface area contributed by atoms with Gasteiger partial charge in [0.05, 0.1) is 12.0 Å². The fourth-order valence-corrected chi connectivity index (χ4v) is 3.90. The number of benzene rings is 1. The van der Waals surface area contributed by atoms with E-state index < -0.39 is 12.0 Å². The van der Waals surface area contributed by atoms with Gasteiger partial charge < -0.3 is 29.7 Å². The Morgan fingerprint density at radius 2 is 2.00 bits per heavy atom. The van der Waals surface area contributed by atoms with Crippen LogP contribution in [-0.4, -0.2) is 62.8 Å².